The lowest BCUT2D eigenvalue weighted by molar-refractivity contribution is -0.143. The summed E-state index contributed by atoms with van der Waals surface area (Å²) in [6.45, 7) is 0. The van der Waals surface area contributed by atoms with Crippen LogP contribution in [0.15, 0.2) is 53.5 Å². The molecule has 0 bridgehead atoms. The number of amides is 1. The van der Waals surface area contributed by atoms with Crippen LogP contribution < -0.4 is 11.0 Å². The van der Waals surface area contributed by atoms with Crippen molar-refractivity contribution < 1.29 is 18.0 Å². The first-order valence-corrected chi connectivity index (χ1v) is 8.55. The van der Waals surface area contributed by atoms with E-state index in [1.54, 1.807) is 0 Å². The van der Waals surface area contributed by atoms with E-state index < -0.39 is 29.0 Å². The number of aromatic amines is 2. The second-order valence-corrected chi connectivity index (χ2v) is 6.52. The van der Waals surface area contributed by atoms with Crippen LogP contribution in [-0.4, -0.2) is 25.7 Å². The molecule has 7 nitrogen and oxygen atoms in total. The van der Waals surface area contributed by atoms with Gasteiger partial charge in [-0.3, -0.25) is 4.79 Å². The highest BCUT2D eigenvalue weighted by Crippen LogP contribution is 2.34. The Balaban J connectivity index is 1.72. The smallest absolute Gasteiger partial charge is 0.322 e. The van der Waals surface area contributed by atoms with Gasteiger partial charge in [0.25, 0.3) is 5.91 Å². The molecule has 0 unspecified atom stereocenters. The zero-order valence-corrected chi connectivity index (χ0v) is 15.1. The number of H-pyrrole nitrogens is 2. The Labute approximate surface area is 165 Å². The third-order valence-electron chi connectivity index (χ3n) is 4.13. The van der Waals surface area contributed by atoms with Crippen LogP contribution in [0.5, 0.6) is 0 Å². The van der Waals surface area contributed by atoms with Gasteiger partial charge in [0.2, 0.25) is 0 Å². The van der Waals surface area contributed by atoms with Crippen molar-refractivity contribution in [2.75, 3.05) is 5.32 Å². The summed E-state index contributed by atoms with van der Waals surface area (Å²) in [5, 5.41) is 6.49. The first kappa shape index (κ1) is 18.8. The molecule has 11 heteroatoms. The number of anilines is 1. The quantitative estimate of drug-likeness (QED) is 0.467. The molecule has 2 aromatic heterocycles. The van der Waals surface area contributed by atoms with E-state index >= 15 is 0 Å². The Morgan fingerprint density at radius 1 is 1.07 bits per heavy atom. The molecule has 0 fully saturated rings. The molecule has 2 aromatic carbocycles. The van der Waals surface area contributed by atoms with Crippen LogP contribution in [0.1, 0.15) is 16.1 Å². The average Bonchev–Trinajstić information content (AvgIpc) is 3.24. The fourth-order valence-electron chi connectivity index (χ4n) is 2.87. The number of fused-ring (bicyclic) bond motifs is 1. The summed E-state index contributed by atoms with van der Waals surface area (Å²) in [5.41, 5.74) is -1.08. The van der Waals surface area contributed by atoms with Crippen LogP contribution in [-0.2, 0) is 6.18 Å². The number of imidazole rings is 1. The Morgan fingerprint density at radius 3 is 2.45 bits per heavy atom. The predicted octanol–water partition coefficient (Wildman–Crippen LogP) is 3.97. The van der Waals surface area contributed by atoms with Gasteiger partial charge in [-0.15, -0.1) is 0 Å². The normalized spacial score (nSPS) is 11.7. The van der Waals surface area contributed by atoms with Crippen LogP contribution in [0, 0.1) is 0 Å². The van der Waals surface area contributed by atoms with Crippen LogP contribution >= 0.6 is 11.6 Å². The van der Waals surface area contributed by atoms with Crippen molar-refractivity contribution in [2.24, 2.45) is 0 Å². The minimum absolute atomic E-state index is 0.104. The summed E-state index contributed by atoms with van der Waals surface area (Å²) < 4.78 is 41.8. The largest absolute Gasteiger partial charge is 0.434 e. The minimum Gasteiger partial charge on any atom is -0.322 e. The summed E-state index contributed by atoms with van der Waals surface area (Å²) in [6, 6.07) is 9.98. The minimum atomic E-state index is -4.83. The highest BCUT2D eigenvalue weighted by molar-refractivity contribution is 6.30. The number of alkyl halides is 3. The maximum absolute atomic E-state index is 13.7. The zero-order valence-electron chi connectivity index (χ0n) is 14.3. The van der Waals surface area contributed by atoms with Gasteiger partial charge in [0, 0.05) is 10.7 Å². The van der Waals surface area contributed by atoms with Crippen molar-refractivity contribution in [1.82, 2.24) is 19.7 Å². The molecule has 1 amide bonds. The summed E-state index contributed by atoms with van der Waals surface area (Å²) >= 11 is 5.78. The average molecular weight is 422 g/mol. The van der Waals surface area contributed by atoms with E-state index in [2.05, 4.69) is 20.4 Å². The fourth-order valence-corrected chi connectivity index (χ4v) is 3.00. The Hall–Kier alpha value is -3.53. The van der Waals surface area contributed by atoms with Crippen LogP contribution in [0.3, 0.4) is 0 Å². The maximum atomic E-state index is 13.7. The van der Waals surface area contributed by atoms with Crippen molar-refractivity contribution >= 4 is 34.2 Å². The van der Waals surface area contributed by atoms with Gasteiger partial charge in [-0.25, -0.2) is 9.48 Å². The van der Waals surface area contributed by atoms with Crippen molar-refractivity contribution in [2.45, 2.75) is 6.18 Å². The molecule has 0 aliphatic rings. The molecule has 148 valence electrons. The maximum Gasteiger partial charge on any atom is 0.434 e. The first-order chi connectivity index (χ1) is 13.7. The van der Waals surface area contributed by atoms with E-state index in [1.165, 1.54) is 42.5 Å². The first-order valence-electron chi connectivity index (χ1n) is 8.17. The lowest BCUT2D eigenvalue weighted by Crippen LogP contribution is -2.20. The molecular weight excluding hydrogens is 411 g/mol. The molecule has 0 atom stereocenters. The molecule has 0 aliphatic heterocycles. The van der Waals surface area contributed by atoms with Crippen LogP contribution in [0.2, 0.25) is 5.02 Å². The summed E-state index contributed by atoms with van der Waals surface area (Å²) in [5.74, 6) is -0.991. The number of rotatable bonds is 3. The highest BCUT2D eigenvalue weighted by atomic mass is 35.5. The number of benzene rings is 2. The van der Waals surface area contributed by atoms with Gasteiger partial charge in [-0.1, -0.05) is 11.6 Å². The lowest BCUT2D eigenvalue weighted by Gasteiger charge is -2.13. The number of hydrogen-bond donors (Lipinski definition) is 3. The number of nitrogens with one attached hydrogen (secondary N) is 3. The monoisotopic (exact) mass is 421 g/mol. The Kier molecular flexibility index (Phi) is 4.42. The molecular formula is C18H11ClF3N5O2. The fraction of sp³-hybridized carbons (Fsp3) is 0.0556. The number of halogens is 4. The van der Waals surface area contributed by atoms with E-state index in [0.717, 1.165) is 6.20 Å². The SMILES string of the molecule is O=C(Nc1ccc2[nH]c(=O)[nH]c2c1)c1cnn(-c2ccc(Cl)cc2)c1C(F)(F)F. The highest BCUT2D eigenvalue weighted by Gasteiger charge is 2.40. The summed E-state index contributed by atoms with van der Waals surface area (Å²) in [7, 11) is 0. The van der Waals surface area contributed by atoms with Gasteiger partial charge in [0.1, 0.15) is 0 Å². The van der Waals surface area contributed by atoms with Gasteiger partial charge in [-0.2, -0.15) is 18.3 Å². The van der Waals surface area contributed by atoms with Crippen molar-refractivity contribution in [3.63, 3.8) is 0 Å². The standard InChI is InChI=1S/C18H11ClF3N5O2/c19-9-1-4-11(5-2-9)27-15(18(20,21)22)12(8-23-27)16(28)24-10-3-6-13-14(7-10)26-17(29)25-13/h1-8H,(H,24,28)(H2,25,26,29). The van der Waals surface area contributed by atoms with Gasteiger partial charge in [0.15, 0.2) is 5.69 Å². The molecule has 4 rings (SSSR count). The Morgan fingerprint density at radius 2 is 1.76 bits per heavy atom. The number of aromatic nitrogens is 4. The van der Waals surface area contributed by atoms with E-state index in [4.69, 9.17) is 11.6 Å². The molecule has 0 aliphatic carbocycles. The lowest BCUT2D eigenvalue weighted by atomic mass is 10.2. The van der Waals surface area contributed by atoms with E-state index in [0.29, 0.717) is 20.7 Å². The van der Waals surface area contributed by atoms with Gasteiger partial charge >= 0.3 is 11.9 Å². The number of carbonyl (C=O) groups is 1. The van der Waals surface area contributed by atoms with E-state index in [1.807, 2.05) is 0 Å². The summed E-state index contributed by atoms with van der Waals surface area (Å²) in [4.78, 5) is 28.9. The van der Waals surface area contributed by atoms with Crippen LogP contribution in [0.25, 0.3) is 16.7 Å². The second-order valence-electron chi connectivity index (χ2n) is 6.09. The molecule has 2 heterocycles. The van der Waals surface area contributed by atoms with Gasteiger partial charge in [0.05, 0.1) is 28.5 Å². The molecule has 0 saturated carbocycles. The molecule has 4 aromatic rings. The molecule has 0 radical (unpaired) electrons. The molecule has 0 spiro atoms. The van der Waals surface area contributed by atoms with Crippen LogP contribution in [0.4, 0.5) is 18.9 Å². The summed E-state index contributed by atoms with van der Waals surface area (Å²) in [6.07, 6.45) is -3.98. The topological polar surface area (TPSA) is 95.6 Å². The third kappa shape index (κ3) is 3.61. The number of carbonyl (C=O) groups excluding carboxylic acids is 1. The Bertz CT molecular complexity index is 1270. The molecule has 3 N–H and O–H groups in total. The van der Waals surface area contributed by atoms with Gasteiger partial charge < -0.3 is 15.3 Å². The molecule has 0 saturated heterocycles. The van der Waals surface area contributed by atoms with Crippen molar-refractivity contribution in [1.29, 1.82) is 0 Å². The predicted molar refractivity (Wildman–Crippen MR) is 100 cm³/mol. The third-order valence-corrected chi connectivity index (χ3v) is 4.38. The number of nitrogens with zero attached hydrogens (tertiary/aromatic N) is 2. The van der Waals surface area contributed by atoms with Gasteiger partial charge in [-0.05, 0) is 42.5 Å². The van der Waals surface area contributed by atoms with E-state index in [-0.39, 0.29) is 11.4 Å². The van der Waals surface area contributed by atoms with E-state index in [9.17, 15) is 22.8 Å². The molecule has 29 heavy (non-hydrogen) atoms. The zero-order chi connectivity index (χ0) is 20.8. The second kappa shape index (κ2) is 6.82. The number of hydrogen-bond acceptors (Lipinski definition) is 3. The van der Waals surface area contributed by atoms with Crippen molar-refractivity contribution in [3.05, 3.63) is 75.4 Å². The van der Waals surface area contributed by atoms with Crippen molar-refractivity contribution in [3.8, 4) is 5.69 Å².